The van der Waals surface area contributed by atoms with Crippen molar-refractivity contribution in [2.75, 3.05) is 0 Å². The van der Waals surface area contributed by atoms with Gasteiger partial charge in [-0.05, 0) is 12.1 Å². The van der Waals surface area contributed by atoms with Crippen molar-refractivity contribution >= 4 is 11.7 Å². The van der Waals surface area contributed by atoms with E-state index in [9.17, 15) is 19.3 Å². The van der Waals surface area contributed by atoms with Gasteiger partial charge in [0, 0.05) is 23.9 Å². The Morgan fingerprint density at radius 2 is 2.14 bits per heavy atom. The maximum absolute atomic E-state index is 12.9. The number of ether oxygens (including phenoxy) is 1. The van der Waals surface area contributed by atoms with Crippen molar-refractivity contribution in [2.24, 2.45) is 0 Å². The number of nitrogens with zero attached hydrogens (tertiary/aromatic N) is 2. The number of pyridine rings is 1. The number of nitro benzene ring substituents is 1. The second kappa shape index (κ2) is 5.95. The number of halogens is 1. The van der Waals surface area contributed by atoms with Gasteiger partial charge in [-0.25, -0.2) is 9.18 Å². The van der Waals surface area contributed by atoms with Crippen molar-refractivity contribution in [1.29, 1.82) is 0 Å². The van der Waals surface area contributed by atoms with Crippen LogP contribution in [-0.4, -0.2) is 21.0 Å². The SMILES string of the molecule is O=C(O)c1cc(OCc2cncc(F)c2)ccc1[N+](=O)[O-]. The Balaban J connectivity index is 2.19. The summed E-state index contributed by atoms with van der Waals surface area (Å²) in [6, 6.07) is 4.59. The third-order valence-corrected chi connectivity index (χ3v) is 2.56. The van der Waals surface area contributed by atoms with Gasteiger partial charge >= 0.3 is 5.97 Å². The molecule has 0 aliphatic heterocycles. The number of carboxylic acids is 1. The van der Waals surface area contributed by atoms with E-state index in [0.29, 0.717) is 5.56 Å². The Labute approximate surface area is 117 Å². The number of benzene rings is 1. The second-order valence-electron chi connectivity index (χ2n) is 4.04. The van der Waals surface area contributed by atoms with Gasteiger partial charge in [0.15, 0.2) is 0 Å². The highest BCUT2D eigenvalue weighted by Crippen LogP contribution is 2.24. The van der Waals surface area contributed by atoms with Gasteiger partial charge in [0.1, 0.15) is 23.7 Å². The lowest BCUT2D eigenvalue weighted by Crippen LogP contribution is -2.04. The standard InChI is InChI=1S/C13H9FN2O5/c14-9-3-8(5-15-6-9)7-21-10-1-2-12(16(19)20)11(4-10)13(17)18/h1-6H,7H2,(H,17,18). The molecular formula is C13H9FN2O5. The van der Waals surface area contributed by atoms with E-state index >= 15 is 0 Å². The van der Waals surface area contributed by atoms with Crippen LogP contribution in [0.4, 0.5) is 10.1 Å². The molecule has 0 spiro atoms. The molecule has 0 aliphatic carbocycles. The topological polar surface area (TPSA) is 103 Å². The van der Waals surface area contributed by atoms with Crippen LogP contribution in [0.2, 0.25) is 0 Å². The van der Waals surface area contributed by atoms with E-state index in [4.69, 9.17) is 9.84 Å². The van der Waals surface area contributed by atoms with Gasteiger partial charge in [0.25, 0.3) is 5.69 Å². The van der Waals surface area contributed by atoms with Crippen molar-refractivity contribution in [3.05, 3.63) is 63.7 Å². The Morgan fingerprint density at radius 1 is 1.38 bits per heavy atom. The normalized spacial score (nSPS) is 10.1. The van der Waals surface area contributed by atoms with Crippen LogP contribution in [0.25, 0.3) is 0 Å². The molecule has 1 N–H and O–H groups in total. The fourth-order valence-electron chi connectivity index (χ4n) is 1.64. The van der Waals surface area contributed by atoms with E-state index in [1.54, 1.807) is 0 Å². The first-order valence-corrected chi connectivity index (χ1v) is 5.71. The van der Waals surface area contributed by atoms with Gasteiger partial charge in [-0.3, -0.25) is 15.1 Å². The van der Waals surface area contributed by atoms with Gasteiger partial charge in [-0.15, -0.1) is 0 Å². The quantitative estimate of drug-likeness (QED) is 0.670. The summed E-state index contributed by atoms with van der Waals surface area (Å²) in [7, 11) is 0. The maximum atomic E-state index is 12.9. The van der Waals surface area contributed by atoms with Crippen LogP contribution in [0, 0.1) is 15.9 Å². The van der Waals surface area contributed by atoms with E-state index in [1.165, 1.54) is 18.3 Å². The fraction of sp³-hybridized carbons (Fsp3) is 0.0769. The largest absolute Gasteiger partial charge is 0.489 e. The summed E-state index contributed by atoms with van der Waals surface area (Å²) in [5, 5.41) is 19.6. The Morgan fingerprint density at radius 3 is 2.76 bits per heavy atom. The first kappa shape index (κ1) is 14.4. The molecule has 0 unspecified atom stereocenters. The van der Waals surface area contributed by atoms with Gasteiger partial charge in [0.05, 0.1) is 11.1 Å². The number of rotatable bonds is 5. The zero-order valence-electron chi connectivity index (χ0n) is 10.5. The summed E-state index contributed by atoms with van der Waals surface area (Å²) in [4.78, 5) is 24.5. The molecule has 8 heteroatoms. The number of carbonyl (C=O) groups is 1. The molecule has 0 fully saturated rings. The smallest absolute Gasteiger partial charge is 0.342 e. The number of hydrogen-bond acceptors (Lipinski definition) is 5. The van der Waals surface area contributed by atoms with Crippen LogP contribution in [0.5, 0.6) is 5.75 Å². The summed E-state index contributed by atoms with van der Waals surface area (Å²) in [5.41, 5.74) is -0.553. The molecule has 7 nitrogen and oxygen atoms in total. The average Bonchev–Trinajstić information content (AvgIpc) is 2.44. The molecule has 1 aromatic carbocycles. The minimum absolute atomic E-state index is 0.0400. The van der Waals surface area contributed by atoms with E-state index in [2.05, 4.69) is 4.98 Å². The number of aromatic nitrogens is 1. The number of nitro groups is 1. The van der Waals surface area contributed by atoms with Crippen molar-refractivity contribution in [2.45, 2.75) is 6.61 Å². The lowest BCUT2D eigenvalue weighted by molar-refractivity contribution is -0.385. The predicted octanol–water partition coefficient (Wildman–Crippen LogP) is 2.41. The van der Waals surface area contributed by atoms with Gasteiger partial charge in [-0.1, -0.05) is 0 Å². The molecule has 0 atom stereocenters. The van der Waals surface area contributed by atoms with Crippen LogP contribution < -0.4 is 4.74 Å². The highest BCUT2D eigenvalue weighted by atomic mass is 19.1. The number of aromatic carboxylic acids is 1. The first-order valence-electron chi connectivity index (χ1n) is 5.71. The fourth-order valence-corrected chi connectivity index (χ4v) is 1.64. The summed E-state index contributed by atoms with van der Waals surface area (Å²) >= 11 is 0. The molecule has 108 valence electrons. The Bertz CT molecular complexity index is 705. The molecule has 0 aliphatic rings. The third kappa shape index (κ3) is 3.50. The average molecular weight is 292 g/mol. The van der Waals surface area contributed by atoms with Crippen molar-refractivity contribution < 1.29 is 24.0 Å². The molecule has 0 saturated carbocycles. The van der Waals surface area contributed by atoms with Gasteiger partial charge in [0.2, 0.25) is 0 Å². The minimum Gasteiger partial charge on any atom is -0.489 e. The molecule has 0 bridgehead atoms. The monoisotopic (exact) mass is 292 g/mol. The minimum atomic E-state index is -1.43. The Hall–Kier alpha value is -3.03. The van der Waals surface area contributed by atoms with Crippen molar-refractivity contribution in [1.82, 2.24) is 4.98 Å². The second-order valence-corrected chi connectivity index (χ2v) is 4.04. The van der Waals surface area contributed by atoms with Crippen molar-refractivity contribution in [3.8, 4) is 5.75 Å². The molecule has 0 radical (unpaired) electrons. The number of hydrogen-bond donors (Lipinski definition) is 1. The van der Waals surface area contributed by atoms with Gasteiger partial charge in [-0.2, -0.15) is 0 Å². The molecule has 0 saturated heterocycles. The molecular weight excluding hydrogens is 283 g/mol. The van der Waals surface area contributed by atoms with E-state index in [-0.39, 0.29) is 12.4 Å². The molecule has 1 heterocycles. The van der Waals surface area contributed by atoms with Crippen LogP contribution in [0.1, 0.15) is 15.9 Å². The summed E-state index contributed by atoms with van der Waals surface area (Å²) < 4.78 is 18.2. The Kier molecular flexibility index (Phi) is 4.07. The predicted molar refractivity (Wildman–Crippen MR) is 68.6 cm³/mol. The van der Waals surface area contributed by atoms with Crippen LogP contribution in [0.3, 0.4) is 0 Å². The lowest BCUT2D eigenvalue weighted by Gasteiger charge is -2.07. The summed E-state index contributed by atoms with van der Waals surface area (Å²) in [6.07, 6.45) is 2.44. The van der Waals surface area contributed by atoms with Crippen LogP contribution in [-0.2, 0) is 6.61 Å². The molecule has 2 aromatic rings. The zero-order valence-corrected chi connectivity index (χ0v) is 10.5. The highest BCUT2D eigenvalue weighted by molar-refractivity contribution is 5.92. The van der Waals surface area contributed by atoms with E-state index in [0.717, 1.165) is 18.3 Å². The molecule has 0 amide bonds. The molecule has 1 aromatic heterocycles. The summed E-state index contributed by atoms with van der Waals surface area (Å²) in [6.45, 7) is -0.0400. The number of carboxylic acid groups (broad SMARTS) is 1. The zero-order chi connectivity index (χ0) is 15.4. The lowest BCUT2D eigenvalue weighted by atomic mass is 10.1. The van der Waals surface area contributed by atoms with Gasteiger partial charge < -0.3 is 9.84 Å². The highest BCUT2D eigenvalue weighted by Gasteiger charge is 2.20. The van der Waals surface area contributed by atoms with Crippen LogP contribution in [0.15, 0.2) is 36.7 Å². The molecule has 2 rings (SSSR count). The maximum Gasteiger partial charge on any atom is 0.342 e. The molecule has 21 heavy (non-hydrogen) atoms. The third-order valence-electron chi connectivity index (χ3n) is 2.56. The van der Waals surface area contributed by atoms with E-state index < -0.39 is 28.0 Å². The van der Waals surface area contributed by atoms with Crippen molar-refractivity contribution in [3.63, 3.8) is 0 Å². The van der Waals surface area contributed by atoms with Crippen LogP contribution >= 0.6 is 0 Å². The first-order chi connectivity index (χ1) is 9.97. The summed E-state index contributed by atoms with van der Waals surface area (Å²) in [5.74, 6) is -1.83. The van der Waals surface area contributed by atoms with E-state index in [1.807, 2.05) is 0 Å².